The summed E-state index contributed by atoms with van der Waals surface area (Å²) in [5, 5.41) is 0. The average Bonchev–Trinajstić information content (AvgIpc) is 2.49. The van der Waals surface area contributed by atoms with Crippen LogP contribution >= 0.6 is 0 Å². The van der Waals surface area contributed by atoms with Gasteiger partial charge in [0, 0.05) is 19.3 Å². The first kappa shape index (κ1) is 14.0. The minimum Gasteiger partial charge on any atom is -0.385 e. The van der Waals surface area contributed by atoms with E-state index in [-0.39, 0.29) is 5.54 Å². The molecular weight excluding hydrogens is 198 g/mol. The van der Waals surface area contributed by atoms with Gasteiger partial charge in [0.25, 0.3) is 0 Å². The summed E-state index contributed by atoms with van der Waals surface area (Å²) in [7, 11) is 1.77. The van der Waals surface area contributed by atoms with Crippen molar-refractivity contribution in [3.05, 3.63) is 0 Å². The molecule has 1 rings (SSSR count). The lowest BCUT2D eigenvalue weighted by molar-refractivity contribution is 0.147. The van der Waals surface area contributed by atoms with Gasteiger partial charge in [0.15, 0.2) is 0 Å². The van der Waals surface area contributed by atoms with Crippen molar-refractivity contribution in [1.29, 1.82) is 0 Å². The van der Waals surface area contributed by atoms with Gasteiger partial charge in [0.05, 0.1) is 0 Å². The van der Waals surface area contributed by atoms with Crippen LogP contribution in [-0.4, -0.2) is 19.3 Å². The van der Waals surface area contributed by atoms with E-state index >= 15 is 0 Å². The van der Waals surface area contributed by atoms with Gasteiger partial charge in [-0.15, -0.1) is 0 Å². The molecule has 1 aliphatic carbocycles. The van der Waals surface area contributed by atoms with E-state index < -0.39 is 0 Å². The van der Waals surface area contributed by atoms with Crippen molar-refractivity contribution in [3.8, 4) is 0 Å². The Labute approximate surface area is 101 Å². The van der Waals surface area contributed by atoms with Crippen molar-refractivity contribution >= 4 is 0 Å². The van der Waals surface area contributed by atoms with E-state index in [9.17, 15) is 0 Å². The van der Waals surface area contributed by atoms with Crippen LogP contribution < -0.4 is 5.73 Å². The molecule has 2 nitrogen and oxygen atoms in total. The van der Waals surface area contributed by atoms with Crippen LogP contribution in [0.2, 0.25) is 0 Å². The molecule has 0 radical (unpaired) electrons. The Morgan fingerprint density at radius 1 is 1.38 bits per heavy atom. The molecule has 0 aromatic rings. The third-order valence-electron chi connectivity index (χ3n) is 4.59. The lowest BCUT2D eigenvalue weighted by Crippen LogP contribution is -2.46. The van der Waals surface area contributed by atoms with Gasteiger partial charge in [-0.05, 0) is 37.5 Å². The highest BCUT2D eigenvalue weighted by molar-refractivity contribution is 4.91. The van der Waals surface area contributed by atoms with Crippen LogP contribution in [0.3, 0.4) is 0 Å². The van der Waals surface area contributed by atoms with E-state index in [2.05, 4.69) is 13.8 Å². The van der Waals surface area contributed by atoms with E-state index in [0.717, 1.165) is 18.9 Å². The molecule has 0 aliphatic heterocycles. The first-order valence-corrected chi connectivity index (χ1v) is 6.90. The molecule has 1 fully saturated rings. The first-order chi connectivity index (χ1) is 7.62. The zero-order valence-electron chi connectivity index (χ0n) is 11.3. The fourth-order valence-electron chi connectivity index (χ4n) is 2.95. The maximum atomic E-state index is 6.60. The Hall–Kier alpha value is -0.0800. The molecule has 3 atom stereocenters. The minimum atomic E-state index is 0.0719. The molecule has 1 saturated carbocycles. The van der Waals surface area contributed by atoms with Crippen LogP contribution in [0, 0.1) is 11.8 Å². The predicted octanol–water partition coefficient (Wildman–Crippen LogP) is 3.35. The first-order valence-electron chi connectivity index (χ1n) is 6.90. The number of hydrogen-bond donors (Lipinski definition) is 1. The highest BCUT2D eigenvalue weighted by Gasteiger charge is 2.33. The third-order valence-corrected chi connectivity index (χ3v) is 4.59. The maximum absolute atomic E-state index is 6.60. The standard InChI is InChI=1S/C14H29NO/c1-4-13-6-5-9-14(15,10-7-13)12(2)8-11-16-3/h12-13H,4-11,15H2,1-3H3. The van der Waals surface area contributed by atoms with Gasteiger partial charge in [0.1, 0.15) is 0 Å². The van der Waals surface area contributed by atoms with E-state index in [0.29, 0.717) is 5.92 Å². The number of nitrogens with two attached hydrogens (primary N) is 1. The third kappa shape index (κ3) is 3.74. The number of methoxy groups -OCH3 is 1. The molecule has 2 heteroatoms. The summed E-state index contributed by atoms with van der Waals surface area (Å²) in [6.45, 7) is 5.45. The van der Waals surface area contributed by atoms with Crippen molar-refractivity contribution in [3.63, 3.8) is 0 Å². The Morgan fingerprint density at radius 2 is 2.12 bits per heavy atom. The molecular formula is C14H29NO. The predicted molar refractivity (Wildman–Crippen MR) is 69.4 cm³/mol. The normalized spacial score (nSPS) is 33.4. The van der Waals surface area contributed by atoms with Gasteiger partial charge < -0.3 is 10.5 Å². The van der Waals surface area contributed by atoms with Crippen LogP contribution in [0.25, 0.3) is 0 Å². The summed E-state index contributed by atoms with van der Waals surface area (Å²) >= 11 is 0. The zero-order valence-corrected chi connectivity index (χ0v) is 11.3. The smallest absolute Gasteiger partial charge is 0.0465 e. The molecule has 0 aromatic heterocycles. The quantitative estimate of drug-likeness (QED) is 0.731. The number of ether oxygens (including phenoxy) is 1. The fraction of sp³-hybridized carbons (Fsp3) is 1.00. The second-order valence-corrected chi connectivity index (χ2v) is 5.62. The van der Waals surface area contributed by atoms with Crippen LogP contribution in [-0.2, 0) is 4.74 Å². The molecule has 2 N–H and O–H groups in total. The fourth-order valence-corrected chi connectivity index (χ4v) is 2.95. The average molecular weight is 227 g/mol. The number of rotatable bonds is 5. The highest BCUT2D eigenvalue weighted by Crippen LogP contribution is 2.35. The van der Waals surface area contributed by atoms with E-state index in [4.69, 9.17) is 10.5 Å². The highest BCUT2D eigenvalue weighted by atomic mass is 16.5. The van der Waals surface area contributed by atoms with E-state index in [1.165, 1.54) is 38.5 Å². The van der Waals surface area contributed by atoms with Crippen LogP contribution in [0.5, 0.6) is 0 Å². The van der Waals surface area contributed by atoms with Crippen molar-refractivity contribution in [2.24, 2.45) is 17.6 Å². The zero-order chi connectivity index (χ0) is 12.0. The Balaban J connectivity index is 2.48. The van der Waals surface area contributed by atoms with Gasteiger partial charge in [-0.3, -0.25) is 0 Å². The largest absolute Gasteiger partial charge is 0.385 e. The molecule has 0 saturated heterocycles. The lowest BCUT2D eigenvalue weighted by atomic mass is 9.78. The summed E-state index contributed by atoms with van der Waals surface area (Å²) in [6.07, 6.45) is 8.85. The van der Waals surface area contributed by atoms with Crippen LogP contribution in [0.1, 0.15) is 58.8 Å². The molecule has 0 bridgehead atoms. The SMILES string of the molecule is CCC1CCCC(N)(C(C)CCOC)CC1. The second kappa shape index (κ2) is 6.61. The molecule has 1 aliphatic rings. The summed E-state index contributed by atoms with van der Waals surface area (Å²) in [5.41, 5.74) is 6.68. The van der Waals surface area contributed by atoms with E-state index in [1.54, 1.807) is 7.11 Å². The second-order valence-electron chi connectivity index (χ2n) is 5.62. The number of hydrogen-bond acceptors (Lipinski definition) is 2. The minimum absolute atomic E-state index is 0.0719. The van der Waals surface area contributed by atoms with Gasteiger partial charge in [-0.25, -0.2) is 0 Å². The lowest BCUT2D eigenvalue weighted by Gasteiger charge is -2.35. The van der Waals surface area contributed by atoms with Crippen LogP contribution in [0.15, 0.2) is 0 Å². The summed E-state index contributed by atoms with van der Waals surface area (Å²) in [4.78, 5) is 0. The van der Waals surface area contributed by atoms with Crippen molar-refractivity contribution in [2.45, 2.75) is 64.3 Å². The topological polar surface area (TPSA) is 35.2 Å². The van der Waals surface area contributed by atoms with Crippen molar-refractivity contribution in [2.75, 3.05) is 13.7 Å². The maximum Gasteiger partial charge on any atom is 0.0465 e. The van der Waals surface area contributed by atoms with Crippen molar-refractivity contribution in [1.82, 2.24) is 0 Å². The van der Waals surface area contributed by atoms with Gasteiger partial charge in [0.2, 0.25) is 0 Å². The Bertz CT molecular complexity index is 195. The molecule has 3 unspecified atom stereocenters. The Kier molecular flexibility index (Phi) is 5.77. The molecule has 0 spiro atoms. The van der Waals surface area contributed by atoms with Crippen molar-refractivity contribution < 1.29 is 4.74 Å². The van der Waals surface area contributed by atoms with Crippen LogP contribution in [0.4, 0.5) is 0 Å². The molecule has 0 heterocycles. The molecule has 96 valence electrons. The van der Waals surface area contributed by atoms with E-state index in [1.807, 2.05) is 0 Å². The summed E-state index contributed by atoms with van der Waals surface area (Å²) in [5.74, 6) is 1.50. The van der Waals surface area contributed by atoms with Gasteiger partial charge in [-0.2, -0.15) is 0 Å². The molecule has 16 heavy (non-hydrogen) atoms. The van der Waals surface area contributed by atoms with Gasteiger partial charge in [-0.1, -0.05) is 33.1 Å². The summed E-state index contributed by atoms with van der Waals surface area (Å²) < 4.78 is 5.17. The van der Waals surface area contributed by atoms with Gasteiger partial charge >= 0.3 is 0 Å². The Morgan fingerprint density at radius 3 is 2.75 bits per heavy atom. The summed E-state index contributed by atoms with van der Waals surface area (Å²) in [6, 6.07) is 0. The molecule has 0 amide bonds. The monoisotopic (exact) mass is 227 g/mol. The molecule has 0 aromatic carbocycles.